The number of carbonyl (C=O) groups is 2. The lowest BCUT2D eigenvalue weighted by molar-refractivity contribution is -0.115. The van der Waals surface area contributed by atoms with Crippen LogP contribution in [0.4, 0.5) is 10.1 Å². The second-order valence-corrected chi connectivity index (χ2v) is 10.8. The molecule has 2 aromatic heterocycles. The third-order valence-electron chi connectivity index (χ3n) is 6.42. The van der Waals surface area contributed by atoms with E-state index in [1.165, 1.54) is 6.07 Å². The predicted molar refractivity (Wildman–Crippen MR) is 161 cm³/mol. The number of nitrogens with two attached hydrogens (primary N) is 1. The standard InChI is InChI=1S/C32H35FN6O3/c1-21-15-23(17-30(40)38-24-19-37-39(20-24)32(2,3)4)26(33)18-29(21)42-28-11-14-35-27-10-9-22(16-25(27)28)31(41)36-13-8-6-5-7-12-34/h9-11,14-16,18-20H,6,8,12-13,17,34H2,1-4H3,(H,36,41)(H,38,40). The highest BCUT2D eigenvalue weighted by molar-refractivity contribution is 5.99. The van der Waals surface area contributed by atoms with E-state index >= 15 is 4.39 Å². The van der Waals surface area contributed by atoms with E-state index in [1.54, 1.807) is 60.5 Å². The maximum atomic E-state index is 15.1. The molecule has 218 valence electrons. The van der Waals surface area contributed by atoms with Gasteiger partial charge in [-0.15, -0.1) is 5.92 Å². The number of unbranched alkanes of at least 4 members (excludes halogenated alkanes) is 1. The second kappa shape index (κ2) is 13.3. The number of benzene rings is 2. The van der Waals surface area contributed by atoms with Crippen LogP contribution in [0.25, 0.3) is 10.9 Å². The summed E-state index contributed by atoms with van der Waals surface area (Å²) < 4.78 is 23.0. The molecule has 9 nitrogen and oxygen atoms in total. The molecule has 0 aliphatic rings. The number of rotatable bonds is 9. The van der Waals surface area contributed by atoms with Gasteiger partial charge in [0.05, 0.1) is 35.9 Å². The average molecular weight is 571 g/mol. The zero-order chi connectivity index (χ0) is 30.3. The van der Waals surface area contributed by atoms with Gasteiger partial charge >= 0.3 is 0 Å². The van der Waals surface area contributed by atoms with E-state index in [0.717, 1.165) is 0 Å². The molecule has 0 atom stereocenters. The molecule has 0 saturated heterocycles. The van der Waals surface area contributed by atoms with Gasteiger partial charge in [-0.1, -0.05) is 5.92 Å². The Morgan fingerprint density at radius 1 is 1.12 bits per heavy atom. The first kappa shape index (κ1) is 30.2. The zero-order valence-electron chi connectivity index (χ0n) is 24.3. The molecule has 0 fully saturated rings. The van der Waals surface area contributed by atoms with E-state index in [2.05, 4.69) is 32.6 Å². The Morgan fingerprint density at radius 3 is 2.67 bits per heavy atom. The van der Waals surface area contributed by atoms with Crippen LogP contribution in [0, 0.1) is 24.6 Å². The van der Waals surface area contributed by atoms with E-state index in [9.17, 15) is 9.59 Å². The van der Waals surface area contributed by atoms with Crippen LogP contribution in [-0.2, 0) is 16.8 Å². The van der Waals surface area contributed by atoms with Crippen molar-refractivity contribution in [1.82, 2.24) is 20.1 Å². The normalized spacial score (nSPS) is 11.1. The lowest BCUT2D eigenvalue weighted by Gasteiger charge is -2.18. The zero-order valence-corrected chi connectivity index (χ0v) is 24.3. The number of aromatic nitrogens is 3. The molecule has 2 heterocycles. The summed E-state index contributed by atoms with van der Waals surface area (Å²) in [7, 11) is 0. The summed E-state index contributed by atoms with van der Waals surface area (Å²) in [5.41, 5.74) is 7.64. The molecule has 0 unspecified atom stereocenters. The third-order valence-corrected chi connectivity index (χ3v) is 6.42. The smallest absolute Gasteiger partial charge is 0.251 e. The fourth-order valence-corrected chi connectivity index (χ4v) is 4.21. The molecule has 4 rings (SSSR count). The minimum atomic E-state index is -0.564. The van der Waals surface area contributed by atoms with Gasteiger partial charge in [-0.3, -0.25) is 19.3 Å². The molecule has 4 N–H and O–H groups in total. The van der Waals surface area contributed by atoms with Gasteiger partial charge in [0.2, 0.25) is 5.91 Å². The Balaban J connectivity index is 1.46. The van der Waals surface area contributed by atoms with Crippen molar-refractivity contribution in [3.8, 4) is 23.3 Å². The lowest BCUT2D eigenvalue weighted by atomic mass is 10.1. The summed E-state index contributed by atoms with van der Waals surface area (Å²) in [6, 6.07) is 9.67. The number of anilines is 1. The van der Waals surface area contributed by atoms with Gasteiger partial charge in [0.15, 0.2) is 0 Å². The topological polar surface area (TPSA) is 124 Å². The number of pyridine rings is 1. The summed E-state index contributed by atoms with van der Waals surface area (Å²) in [5.74, 6) is 5.31. The van der Waals surface area contributed by atoms with Gasteiger partial charge in [-0.2, -0.15) is 5.10 Å². The number of nitrogens with one attached hydrogen (secondary N) is 2. The minimum absolute atomic E-state index is 0.149. The number of amides is 2. The fourth-order valence-electron chi connectivity index (χ4n) is 4.21. The van der Waals surface area contributed by atoms with Crippen LogP contribution in [-0.4, -0.2) is 39.7 Å². The largest absolute Gasteiger partial charge is 0.456 e. The highest BCUT2D eigenvalue weighted by Gasteiger charge is 2.17. The summed E-state index contributed by atoms with van der Waals surface area (Å²) in [4.78, 5) is 29.7. The Hall–Kier alpha value is -4.75. The number of carbonyl (C=O) groups excluding carboxylic acids is 2. The van der Waals surface area contributed by atoms with Crippen LogP contribution in [0.15, 0.2) is 55.0 Å². The fraction of sp³-hybridized carbons (Fsp3) is 0.312. The van der Waals surface area contributed by atoms with Gasteiger partial charge in [0, 0.05) is 42.4 Å². The Bertz CT molecular complexity index is 1660. The van der Waals surface area contributed by atoms with Crippen LogP contribution in [0.5, 0.6) is 11.5 Å². The first-order chi connectivity index (χ1) is 20.0. The molecule has 2 aromatic carbocycles. The van der Waals surface area contributed by atoms with E-state index in [0.29, 0.717) is 65.1 Å². The number of halogens is 1. The molecular formula is C32H35FN6O3. The summed E-state index contributed by atoms with van der Waals surface area (Å²) >= 11 is 0. The summed E-state index contributed by atoms with van der Waals surface area (Å²) in [6.45, 7) is 8.59. The van der Waals surface area contributed by atoms with Gasteiger partial charge in [0.25, 0.3) is 5.91 Å². The molecular weight excluding hydrogens is 535 g/mol. The number of nitrogens with zero attached hydrogens (tertiary/aromatic N) is 3. The van der Waals surface area contributed by atoms with Crippen LogP contribution in [0.1, 0.15) is 55.1 Å². The first-order valence-corrected chi connectivity index (χ1v) is 13.7. The average Bonchev–Trinajstić information content (AvgIpc) is 3.42. The number of hydrogen-bond donors (Lipinski definition) is 3. The monoisotopic (exact) mass is 570 g/mol. The summed E-state index contributed by atoms with van der Waals surface area (Å²) in [6.07, 6.45) is 6.11. The Morgan fingerprint density at radius 2 is 1.93 bits per heavy atom. The quantitative estimate of drug-likeness (QED) is 0.190. The van der Waals surface area contributed by atoms with E-state index in [4.69, 9.17) is 10.5 Å². The van der Waals surface area contributed by atoms with Crippen molar-refractivity contribution in [2.24, 2.45) is 5.73 Å². The first-order valence-electron chi connectivity index (χ1n) is 13.7. The number of fused-ring (bicyclic) bond motifs is 1. The number of aryl methyl sites for hydroxylation is 1. The van der Waals surface area contributed by atoms with E-state index in [1.807, 2.05) is 20.8 Å². The SMILES string of the molecule is Cc1cc(CC(=O)Nc2cnn(C(C)(C)C)c2)c(F)cc1Oc1ccnc2ccc(C(=O)NCCCC#CCN)cc12. The second-order valence-electron chi connectivity index (χ2n) is 10.8. The molecule has 2 amide bonds. The van der Waals surface area contributed by atoms with Crippen molar-refractivity contribution in [3.05, 3.63) is 77.5 Å². The Kier molecular flexibility index (Phi) is 9.55. The molecule has 0 bridgehead atoms. The van der Waals surface area contributed by atoms with Crippen molar-refractivity contribution in [1.29, 1.82) is 0 Å². The van der Waals surface area contributed by atoms with Gasteiger partial charge in [-0.25, -0.2) is 4.39 Å². The Labute approximate surface area is 244 Å². The predicted octanol–water partition coefficient (Wildman–Crippen LogP) is 5.08. The minimum Gasteiger partial charge on any atom is -0.456 e. The van der Waals surface area contributed by atoms with Crippen LogP contribution in [0.2, 0.25) is 0 Å². The maximum absolute atomic E-state index is 15.1. The molecule has 4 aromatic rings. The van der Waals surface area contributed by atoms with Crippen molar-refractivity contribution >= 4 is 28.4 Å². The van der Waals surface area contributed by atoms with Gasteiger partial charge in [0.1, 0.15) is 17.3 Å². The molecule has 0 saturated carbocycles. The maximum Gasteiger partial charge on any atom is 0.251 e. The van der Waals surface area contributed by atoms with Crippen molar-refractivity contribution in [2.75, 3.05) is 18.4 Å². The van der Waals surface area contributed by atoms with Crippen molar-refractivity contribution in [2.45, 2.75) is 52.5 Å². The van der Waals surface area contributed by atoms with E-state index < -0.39 is 5.82 Å². The lowest BCUT2D eigenvalue weighted by Crippen LogP contribution is -2.24. The molecule has 0 aliphatic heterocycles. The van der Waals surface area contributed by atoms with Crippen LogP contribution >= 0.6 is 0 Å². The summed E-state index contributed by atoms with van der Waals surface area (Å²) in [5, 5.41) is 10.5. The van der Waals surface area contributed by atoms with Crippen LogP contribution < -0.4 is 21.1 Å². The van der Waals surface area contributed by atoms with Gasteiger partial charge in [-0.05, 0) is 75.6 Å². The number of ether oxygens (including phenoxy) is 1. The van der Waals surface area contributed by atoms with Crippen LogP contribution in [0.3, 0.4) is 0 Å². The highest BCUT2D eigenvalue weighted by Crippen LogP contribution is 2.33. The third kappa shape index (κ3) is 7.71. The number of hydrogen-bond acceptors (Lipinski definition) is 6. The van der Waals surface area contributed by atoms with E-state index in [-0.39, 0.29) is 29.3 Å². The molecule has 0 radical (unpaired) electrons. The van der Waals surface area contributed by atoms with Gasteiger partial charge < -0.3 is 21.1 Å². The van der Waals surface area contributed by atoms with Crippen molar-refractivity contribution < 1.29 is 18.7 Å². The molecule has 42 heavy (non-hydrogen) atoms. The molecule has 0 aliphatic carbocycles. The molecule has 10 heteroatoms. The highest BCUT2D eigenvalue weighted by atomic mass is 19.1. The molecule has 0 spiro atoms. The van der Waals surface area contributed by atoms with Crippen molar-refractivity contribution in [3.63, 3.8) is 0 Å².